The highest BCUT2D eigenvalue weighted by molar-refractivity contribution is 7.52. The van der Waals surface area contributed by atoms with Crippen LogP contribution in [0.25, 0.3) is 0 Å². The molecule has 0 spiro atoms. The summed E-state index contributed by atoms with van der Waals surface area (Å²) in [5.41, 5.74) is 0. The molecule has 4 atom stereocenters. The van der Waals surface area contributed by atoms with E-state index in [0.717, 1.165) is 0 Å². The molecule has 0 aliphatic heterocycles. The molecule has 0 bridgehead atoms. The molecule has 0 aromatic rings. The van der Waals surface area contributed by atoms with Crippen molar-refractivity contribution in [3.63, 3.8) is 0 Å². The Hall–Kier alpha value is -1.19. The van der Waals surface area contributed by atoms with Gasteiger partial charge in [-0.2, -0.15) is 0 Å². The van der Waals surface area contributed by atoms with Crippen molar-refractivity contribution >= 4 is 20.0 Å². The molecule has 2 N–H and O–H groups in total. The summed E-state index contributed by atoms with van der Waals surface area (Å²) in [5, 5.41) is 5.60. The molecule has 0 fully saturated rings. The van der Waals surface area contributed by atoms with Crippen LogP contribution < -0.4 is 10.6 Å². The van der Waals surface area contributed by atoms with E-state index in [1.807, 2.05) is 27.4 Å². The summed E-state index contributed by atoms with van der Waals surface area (Å²) >= 11 is 0. The topological polar surface area (TPSA) is 67.4 Å². The lowest BCUT2D eigenvalue weighted by atomic mass is 10.1. The third-order valence-electron chi connectivity index (χ3n) is 3.03. The molecule has 6 heteroatoms. The van der Waals surface area contributed by atoms with Crippen molar-refractivity contribution in [2.24, 2.45) is 5.92 Å². The van der Waals surface area contributed by atoms with Crippen molar-refractivity contribution in [3.05, 3.63) is 25.3 Å². The number of carbonyl (C=O) groups excluding carboxylic acids is 2. The third kappa shape index (κ3) is 7.41. The van der Waals surface area contributed by atoms with Crippen LogP contribution in [0.2, 0.25) is 0 Å². The summed E-state index contributed by atoms with van der Waals surface area (Å²) in [6.07, 6.45) is 2.50. The molecule has 4 unspecified atom stereocenters. The zero-order valence-corrected chi connectivity index (χ0v) is 13.6. The van der Waals surface area contributed by atoms with Crippen LogP contribution in [0.3, 0.4) is 0 Å². The summed E-state index contributed by atoms with van der Waals surface area (Å²) in [6, 6.07) is 0.00183. The van der Waals surface area contributed by atoms with Crippen LogP contribution in [-0.2, 0) is 14.1 Å². The molecule has 0 aromatic heterocycles. The lowest BCUT2D eigenvalue weighted by molar-refractivity contribution is -0.118. The molecule has 0 radical (unpaired) electrons. The van der Waals surface area contributed by atoms with Crippen molar-refractivity contribution in [1.29, 1.82) is 0 Å². The Kier molecular flexibility index (Phi) is 9.10. The van der Waals surface area contributed by atoms with E-state index in [1.165, 1.54) is 12.2 Å². The molecule has 20 heavy (non-hydrogen) atoms. The molecule has 0 aliphatic rings. The van der Waals surface area contributed by atoms with Crippen LogP contribution in [0.4, 0.5) is 0 Å². The molecule has 114 valence electrons. The Morgan fingerprint density at radius 2 is 1.65 bits per heavy atom. The fourth-order valence-electron chi connectivity index (χ4n) is 1.27. The number of hydrogen-bond acceptors (Lipinski definition) is 3. The Balaban J connectivity index is 4.12. The molecular weight excluding hydrogens is 275 g/mol. The van der Waals surface area contributed by atoms with E-state index < -0.39 is 8.15 Å². The Morgan fingerprint density at radius 3 is 2.15 bits per heavy atom. The normalized spacial score (nSPS) is 16.4. The molecule has 0 aromatic carbocycles. The van der Waals surface area contributed by atoms with Gasteiger partial charge in [0.05, 0.1) is 12.4 Å². The van der Waals surface area contributed by atoms with Crippen LogP contribution in [0.5, 0.6) is 0 Å². The van der Waals surface area contributed by atoms with Crippen LogP contribution in [0.15, 0.2) is 25.3 Å². The average molecular weight is 300 g/mol. The second-order valence-corrected chi connectivity index (χ2v) is 6.83. The minimum absolute atomic E-state index is 0.00183. The van der Waals surface area contributed by atoms with Gasteiger partial charge >= 0.3 is 0 Å². The highest BCUT2D eigenvalue weighted by Gasteiger charge is 2.18. The van der Waals surface area contributed by atoms with E-state index in [-0.39, 0.29) is 29.6 Å². The first-order valence-electron chi connectivity index (χ1n) is 6.53. The van der Waals surface area contributed by atoms with Gasteiger partial charge < -0.3 is 15.2 Å². The van der Waals surface area contributed by atoms with Crippen molar-refractivity contribution in [1.82, 2.24) is 10.6 Å². The molecule has 0 saturated heterocycles. The van der Waals surface area contributed by atoms with E-state index in [2.05, 4.69) is 23.8 Å². The molecule has 2 amide bonds. The summed E-state index contributed by atoms with van der Waals surface area (Å²) in [4.78, 5) is 22.4. The van der Waals surface area contributed by atoms with E-state index >= 15 is 0 Å². The van der Waals surface area contributed by atoms with Crippen molar-refractivity contribution < 1.29 is 14.1 Å². The van der Waals surface area contributed by atoms with Gasteiger partial charge in [-0.25, -0.2) is 0 Å². The molecule has 0 saturated carbocycles. The van der Waals surface area contributed by atoms with Crippen molar-refractivity contribution in [2.45, 2.75) is 32.6 Å². The maximum Gasteiger partial charge on any atom is 0.243 e. The van der Waals surface area contributed by atoms with Gasteiger partial charge in [0, 0.05) is 14.2 Å². The quantitative estimate of drug-likeness (QED) is 0.505. The number of nitrogens with one attached hydrogen (secondary N) is 2. The predicted molar refractivity (Wildman–Crippen MR) is 83.6 cm³/mol. The Morgan fingerprint density at radius 1 is 1.15 bits per heavy atom. The van der Waals surface area contributed by atoms with Crippen LogP contribution in [0.1, 0.15) is 20.8 Å². The van der Waals surface area contributed by atoms with Gasteiger partial charge in [0.2, 0.25) is 11.8 Å². The van der Waals surface area contributed by atoms with Crippen molar-refractivity contribution in [3.8, 4) is 0 Å². The molecule has 0 aliphatic carbocycles. The van der Waals surface area contributed by atoms with Gasteiger partial charge in [-0.05, 0) is 38.6 Å². The summed E-state index contributed by atoms with van der Waals surface area (Å²) < 4.78 is 5.79. The minimum atomic E-state index is -0.774. The second kappa shape index (κ2) is 9.67. The molecule has 0 rings (SSSR count). The van der Waals surface area contributed by atoms with Crippen molar-refractivity contribution in [2.75, 3.05) is 13.3 Å². The van der Waals surface area contributed by atoms with Gasteiger partial charge in [-0.3, -0.25) is 9.59 Å². The first-order chi connectivity index (χ1) is 9.31. The Bertz CT molecular complexity index is 326. The maximum atomic E-state index is 11.2. The van der Waals surface area contributed by atoms with Gasteiger partial charge in [-0.15, -0.1) is 0 Å². The van der Waals surface area contributed by atoms with Crippen LogP contribution >= 0.6 is 8.15 Å². The number of carbonyl (C=O) groups is 2. The first kappa shape index (κ1) is 18.8. The monoisotopic (exact) mass is 300 g/mol. The molecular formula is C14H25N2O3P. The SMILES string of the molecule is C=CC(=O)NC(C)C(C)COP(C)C(C)NC(=O)C=C. The first-order valence-corrected chi connectivity index (χ1v) is 8.31. The lowest BCUT2D eigenvalue weighted by Crippen LogP contribution is -2.38. The average Bonchev–Trinajstić information content (AvgIpc) is 2.43. The van der Waals surface area contributed by atoms with Gasteiger partial charge in [0.15, 0.2) is 0 Å². The minimum Gasteiger partial charge on any atom is -0.357 e. The standard InChI is InChI=1S/C14H25N2O3P/c1-7-13(17)15-11(4)10(3)9-19-20(6)12(5)16-14(18)8-2/h7-8,10-12H,1-2,9H2,3-6H3,(H,15,17)(H,16,18). The fourth-order valence-corrected chi connectivity index (χ4v) is 2.28. The third-order valence-corrected chi connectivity index (χ3v) is 4.81. The van der Waals surface area contributed by atoms with E-state index in [0.29, 0.717) is 6.61 Å². The van der Waals surface area contributed by atoms with Gasteiger partial charge in [-0.1, -0.05) is 20.1 Å². The summed E-state index contributed by atoms with van der Waals surface area (Å²) in [7, 11) is -0.774. The summed E-state index contributed by atoms with van der Waals surface area (Å²) in [5.74, 6) is -0.253. The van der Waals surface area contributed by atoms with Crippen LogP contribution in [0, 0.1) is 5.92 Å². The number of rotatable bonds is 9. The lowest BCUT2D eigenvalue weighted by Gasteiger charge is -2.25. The van der Waals surface area contributed by atoms with E-state index in [1.54, 1.807) is 0 Å². The zero-order valence-electron chi connectivity index (χ0n) is 12.7. The van der Waals surface area contributed by atoms with E-state index in [9.17, 15) is 9.59 Å². The Labute approximate surface area is 122 Å². The summed E-state index contributed by atoms with van der Waals surface area (Å²) in [6.45, 7) is 15.1. The smallest absolute Gasteiger partial charge is 0.243 e. The molecule has 0 heterocycles. The van der Waals surface area contributed by atoms with E-state index in [4.69, 9.17) is 4.52 Å². The number of hydrogen-bond donors (Lipinski definition) is 2. The highest BCUT2D eigenvalue weighted by Crippen LogP contribution is 2.37. The second-order valence-electron chi connectivity index (χ2n) is 4.71. The maximum absolute atomic E-state index is 11.2. The van der Waals surface area contributed by atoms with Gasteiger partial charge in [0.1, 0.15) is 0 Å². The van der Waals surface area contributed by atoms with Gasteiger partial charge in [0.25, 0.3) is 0 Å². The fraction of sp³-hybridized carbons (Fsp3) is 0.571. The number of amides is 2. The van der Waals surface area contributed by atoms with Crippen LogP contribution in [-0.4, -0.2) is 36.9 Å². The predicted octanol–water partition coefficient (Wildman–Crippen LogP) is 2.00. The zero-order chi connectivity index (χ0) is 15.7. The largest absolute Gasteiger partial charge is 0.357 e. The highest BCUT2D eigenvalue weighted by atomic mass is 31.1. The molecule has 5 nitrogen and oxygen atoms in total.